The quantitative estimate of drug-likeness (QED) is 0.657. The Labute approximate surface area is 206 Å². The fourth-order valence-electron chi connectivity index (χ4n) is 6.47. The lowest BCUT2D eigenvalue weighted by molar-refractivity contribution is -0.185. The Bertz CT molecular complexity index is 1120. The third-order valence-corrected chi connectivity index (χ3v) is 8.89. The first-order valence-electron chi connectivity index (χ1n) is 13.2. The maximum absolute atomic E-state index is 14.1. The van der Waals surface area contributed by atoms with Crippen LogP contribution >= 0.6 is 0 Å². The zero-order chi connectivity index (χ0) is 24.5. The van der Waals surface area contributed by atoms with Gasteiger partial charge in [0, 0.05) is 36.6 Å². The van der Waals surface area contributed by atoms with Crippen LogP contribution in [0.3, 0.4) is 0 Å². The van der Waals surface area contributed by atoms with Crippen molar-refractivity contribution in [2.24, 2.45) is 11.3 Å². The number of carbonyl (C=O) groups is 1. The SMILES string of the molecule is O=C(CCC1CCCCC1)N1CCC(O)(Cn2cnc(-c3ccccc3F)cc2=O)C2(CCC2)C1. The fraction of sp³-hybridized carbons (Fsp3) is 0.607. The topological polar surface area (TPSA) is 75.4 Å². The largest absolute Gasteiger partial charge is 0.387 e. The van der Waals surface area contributed by atoms with Crippen LogP contribution in [0.15, 0.2) is 41.5 Å². The lowest BCUT2D eigenvalue weighted by atomic mass is 9.55. The Morgan fingerprint density at radius 2 is 1.89 bits per heavy atom. The summed E-state index contributed by atoms with van der Waals surface area (Å²) in [5, 5.41) is 11.8. The molecule has 2 saturated carbocycles. The Balaban J connectivity index is 1.27. The average Bonchev–Trinajstić information content (AvgIpc) is 2.84. The van der Waals surface area contributed by atoms with E-state index in [1.165, 1.54) is 55.1 Å². The molecule has 2 aliphatic carbocycles. The molecule has 1 amide bonds. The molecule has 3 fully saturated rings. The Morgan fingerprint density at radius 1 is 1.11 bits per heavy atom. The molecular formula is C28H36FN3O3. The van der Waals surface area contributed by atoms with Gasteiger partial charge in [0.2, 0.25) is 5.91 Å². The van der Waals surface area contributed by atoms with Crippen LogP contribution in [-0.4, -0.2) is 44.2 Å². The number of aromatic nitrogens is 2. The standard InChI is InChI=1S/C28H36FN3O3/c29-23-10-5-4-9-22(23)24-17-26(34)32(20-30-24)19-28(35)15-16-31(18-27(28)13-6-14-27)25(33)12-11-21-7-2-1-3-8-21/h4-5,9-10,17,20-21,35H,1-3,6-8,11-16,18-19H2. The van der Waals surface area contributed by atoms with Gasteiger partial charge in [0.25, 0.3) is 5.56 Å². The smallest absolute Gasteiger partial charge is 0.253 e. The van der Waals surface area contributed by atoms with Crippen molar-refractivity contribution in [2.75, 3.05) is 13.1 Å². The number of piperidine rings is 1. The van der Waals surface area contributed by atoms with E-state index >= 15 is 0 Å². The maximum atomic E-state index is 14.1. The van der Waals surface area contributed by atoms with Gasteiger partial charge in [-0.2, -0.15) is 0 Å². The van der Waals surface area contributed by atoms with Crippen molar-refractivity contribution >= 4 is 5.91 Å². The molecule has 1 N–H and O–H groups in total. The number of amides is 1. The molecule has 1 unspecified atom stereocenters. The molecule has 0 radical (unpaired) electrons. The van der Waals surface area contributed by atoms with Gasteiger partial charge < -0.3 is 10.0 Å². The van der Waals surface area contributed by atoms with Gasteiger partial charge in [0.05, 0.1) is 24.2 Å². The summed E-state index contributed by atoms with van der Waals surface area (Å²) < 4.78 is 15.6. The highest BCUT2D eigenvalue weighted by Crippen LogP contribution is 2.54. The molecule has 1 spiro atoms. The van der Waals surface area contributed by atoms with Gasteiger partial charge in [-0.05, 0) is 43.7 Å². The second-order valence-corrected chi connectivity index (χ2v) is 11.0. The number of benzene rings is 1. The number of aliphatic hydroxyl groups is 1. The number of rotatable bonds is 6. The van der Waals surface area contributed by atoms with Crippen LogP contribution in [0.5, 0.6) is 0 Å². The van der Waals surface area contributed by atoms with Gasteiger partial charge in [-0.1, -0.05) is 50.7 Å². The highest BCUT2D eigenvalue weighted by molar-refractivity contribution is 5.76. The second-order valence-electron chi connectivity index (χ2n) is 11.0. The van der Waals surface area contributed by atoms with E-state index in [9.17, 15) is 19.1 Å². The van der Waals surface area contributed by atoms with Gasteiger partial charge in [-0.15, -0.1) is 0 Å². The molecule has 0 bridgehead atoms. The van der Waals surface area contributed by atoms with Gasteiger partial charge in [-0.3, -0.25) is 14.2 Å². The van der Waals surface area contributed by atoms with Crippen LogP contribution in [-0.2, 0) is 11.3 Å². The Hall–Kier alpha value is -2.54. The minimum absolute atomic E-state index is 0.139. The number of hydrogen-bond acceptors (Lipinski definition) is 4. The lowest BCUT2D eigenvalue weighted by Crippen LogP contribution is -2.65. The van der Waals surface area contributed by atoms with Crippen molar-refractivity contribution in [1.29, 1.82) is 0 Å². The molecule has 3 aliphatic rings. The van der Waals surface area contributed by atoms with E-state index in [0.29, 0.717) is 31.8 Å². The molecule has 7 heteroatoms. The number of carbonyl (C=O) groups excluding carboxylic acids is 1. The van der Waals surface area contributed by atoms with E-state index in [2.05, 4.69) is 4.98 Å². The summed E-state index contributed by atoms with van der Waals surface area (Å²) in [6.45, 7) is 1.21. The average molecular weight is 482 g/mol. The third kappa shape index (κ3) is 4.80. The molecule has 35 heavy (non-hydrogen) atoms. The van der Waals surface area contributed by atoms with Crippen LogP contribution in [0.1, 0.15) is 70.6 Å². The monoisotopic (exact) mass is 481 g/mol. The number of hydrogen-bond donors (Lipinski definition) is 1. The maximum Gasteiger partial charge on any atom is 0.253 e. The number of likely N-dealkylation sites (tertiary alicyclic amines) is 1. The van der Waals surface area contributed by atoms with E-state index in [4.69, 9.17) is 0 Å². The molecule has 5 rings (SSSR count). The third-order valence-electron chi connectivity index (χ3n) is 8.89. The molecule has 1 atom stereocenters. The molecule has 1 aromatic carbocycles. The van der Waals surface area contributed by atoms with Crippen molar-refractivity contribution in [3.63, 3.8) is 0 Å². The zero-order valence-electron chi connectivity index (χ0n) is 20.4. The molecule has 1 aromatic heterocycles. The summed E-state index contributed by atoms with van der Waals surface area (Å²) in [5.74, 6) is 0.459. The molecule has 2 heterocycles. The summed E-state index contributed by atoms with van der Waals surface area (Å²) in [6.07, 6.45) is 12.5. The van der Waals surface area contributed by atoms with E-state index in [0.717, 1.165) is 25.7 Å². The van der Waals surface area contributed by atoms with Crippen molar-refractivity contribution in [3.8, 4) is 11.3 Å². The van der Waals surface area contributed by atoms with Crippen LogP contribution < -0.4 is 5.56 Å². The second kappa shape index (κ2) is 9.84. The Morgan fingerprint density at radius 3 is 2.57 bits per heavy atom. The normalized spacial score (nSPS) is 24.3. The summed E-state index contributed by atoms with van der Waals surface area (Å²) >= 11 is 0. The molecule has 1 saturated heterocycles. The number of nitrogens with zero attached hydrogens (tertiary/aromatic N) is 3. The fourth-order valence-corrected chi connectivity index (χ4v) is 6.47. The summed E-state index contributed by atoms with van der Waals surface area (Å²) in [7, 11) is 0. The van der Waals surface area contributed by atoms with E-state index in [-0.39, 0.29) is 34.7 Å². The minimum Gasteiger partial charge on any atom is -0.387 e. The zero-order valence-corrected chi connectivity index (χ0v) is 20.4. The first-order valence-corrected chi connectivity index (χ1v) is 13.2. The summed E-state index contributed by atoms with van der Waals surface area (Å²) in [5.41, 5.74) is -1.20. The highest BCUT2D eigenvalue weighted by atomic mass is 19.1. The van der Waals surface area contributed by atoms with Crippen molar-refractivity contribution < 1.29 is 14.3 Å². The minimum atomic E-state index is -1.07. The van der Waals surface area contributed by atoms with Crippen molar-refractivity contribution in [3.05, 3.63) is 52.8 Å². The van der Waals surface area contributed by atoms with E-state index in [1.54, 1.807) is 18.2 Å². The molecule has 188 valence electrons. The first kappa shape index (κ1) is 24.2. The highest BCUT2D eigenvalue weighted by Gasteiger charge is 2.57. The van der Waals surface area contributed by atoms with Crippen molar-refractivity contribution in [1.82, 2.24) is 14.5 Å². The van der Waals surface area contributed by atoms with E-state index in [1.807, 2.05) is 4.90 Å². The van der Waals surface area contributed by atoms with Crippen LogP contribution in [0, 0.1) is 17.2 Å². The van der Waals surface area contributed by atoms with Gasteiger partial charge in [0.15, 0.2) is 0 Å². The van der Waals surface area contributed by atoms with Gasteiger partial charge in [-0.25, -0.2) is 9.37 Å². The van der Waals surface area contributed by atoms with Gasteiger partial charge in [0.1, 0.15) is 5.82 Å². The molecule has 2 aromatic rings. The molecule has 1 aliphatic heterocycles. The predicted octanol–water partition coefficient (Wildman–Crippen LogP) is 4.54. The molecule has 6 nitrogen and oxygen atoms in total. The molecular weight excluding hydrogens is 445 g/mol. The summed E-state index contributed by atoms with van der Waals surface area (Å²) in [6, 6.07) is 7.58. The number of halogens is 1. The lowest BCUT2D eigenvalue weighted by Gasteiger charge is -2.58. The van der Waals surface area contributed by atoms with Crippen LogP contribution in [0.2, 0.25) is 0 Å². The van der Waals surface area contributed by atoms with Crippen LogP contribution in [0.4, 0.5) is 4.39 Å². The summed E-state index contributed by atoms with van der Waals surface area (Å²) in [4.78, 5) is 32.2. The predicted molar refractivity (Wildman–Crippen MR) is 132 cm³/mol. The van der Waals surface area contributed by atoms with Crippen LogP contribution in [0.25, 0.3) is 11.3 Å². The first-order chi connectivity index (χ1) is 16.9. The van der Waals surface area contributed by atoms with E-state index < -0.39 is 11.4 Å². The van der Waals surface area contributed by atoms with Gasteiger partial charge >= 0.3 is 0 Å². The van der Waals surface area contributed by atoms with Crippen molar-refractivity contribution in [2.45, 2.75) is 82.8 Å². The Kier molecular flexibility index (Phi) is 6.80.